The number of nitrogens with two attached hydrogens (primary N) is 1. The first kappa shape index (κ1) is 14.2. The summed E-state index contributed by atoms with van der Waals surface area (Å²) in [7, 11) is 2.56. The lowest BCUT2D eigenvalue weighted by atomic mass is 9.86. The average molecular weight is 251 g/mol. The van der Waals surface area contributed by atoms with Gasteiger partial charge in [0.1, 0.15) is 5.54 Å². The molecule has 0 fully saturated rings. The molecule has 0 aliphatic carbocycles. The molecule has 1 rings (SSSR count). The first-order valence-electron chi connectivity index (χ1n) is 5.54. The van der Waals surface area contributed by atoms with Gasteiger partial charge < -0.3 is 15.2 Å². The summed E-state index contributed by atoms with van der Waals surface area (Å²) in [6.45, 7) is 0. The third-order valence-corrected chi connectivity index (χ3v) is 2.79. The maximum atomic E-state index is 11.8. The fourth-order valence-electron chi connectivity index (χ4n) is 1.68. The van der Waals surface area contributed by atoms with Gasteiger partial charge in [-0.15, -0.1) is 0 Å². The summed E-state index contributed by atoms with van der Waals surface area (Å²) in [5.41, 5.74) is 5.38. The fourth-order valence-corrected chi connectivity index (χ4v) is 1.68. The third kappa shape index (κ3) is 3.07. The van der Waals surface area contributed by atoms with Crippen LogP contribution in [-0.4, -0.2) is 26.2 Å². The molecule has 1 atom stereocenters. The van der Waals surface area contributed by atoms with Gasteiger partial charge in [-0.25, -0.2) is 4.79 Å². The number of ether oxygens (including phenoxy) is 2. The SMILES string of the molecule is COC(=O)CC[C@](N)(C(=O)OC)c1ccccc1. The van der Waals surface area contributed by atoms with Crippen LogP contribution in [-0.2, 0) is 24.6 Å². The van der Waals surface area contributed by atoms with Crippen molar-refractivity contribution in [3.63, 3.8) is 0 Å². The van der Waals surface area contributed by atoms with Crippen LogP contribution in [0.2, 0.25) is 0 Å². The lowest BCUT2D eigenvalue weighted by Crippen LogP contribution is -2.46. The zero-order valence-corrected chi connectivity index (χ0v) is 10.5. The Morgan fingerprint density at radius 3 is 2.28 bits per heavy atom. The molecular formula is C13H17NO4. The zero-order chi connectivity index (χ0) is 13.6. The molecule has 1 aromatic carbocycles. The molecule has 0 saturated carbocycles. The van der Waals surface area contributed by atoms with E-state index in [-0.39, 0.29) is 12.8 Å². The molecule has 0 saturated heterocycles. The van der Waals surface area contributed by atoms with Gasteiger partial charge in [-0.05, 0) is 12.0 Å². The molecule has 5 nitrogen and oxygen atoms in total. The summed E-state index contributed by atoms with van der Waals surface area (Å²) in [6, 6.07) is 8.83. The summed E-state index contributed by atoms with van der Waals surface area (Å²) < 4.78 is 9.27. The maximum absolute atomic E-state index is 11.8. The smallest absolute Gasteiger partial charge is 0.330 e. The first-order chi connectivity index (χ1) is 8.54. The van der Waals surface area contributed by atoms with E-state index in [0.717, 1.165) is 0 Å². The standard InChI is InChI=1S/C13H17NO4/c1-17-11(15)8-9-13(14,12(16)18-2)10-6-4-3-5-7-10/h3-7H,8-9,14H2,1-2H3/t13-/m1/s1. The van der Waals surface area contributed by atoms with Gasteiger partial charge in [-0.3, -0.25) is 4.79 Å². The molecule has 2 N–H and O–H groups in total. The lowest BCUT2D eigenvalue weighted by molar-refractivity contribution is -0.148. The van der Waals surface area contributed by atoms with Gasteiger partial charge in [0.2, 0.25) is 0 Å². The van der Waals surface area contributed by atoms with E-state index in [4.69, 9.17) is 10.5 Å². The maximum Gasteiger partial charge on any atom is 0.330 e. The van der Waals surface area contributed by atoms with Gasteiger partial charge >= 0.3 is 11.9 Å². The van der Waals surface area contributed by atoms with E-state index < -0.39 is 17.5 Å². The normalized spacial score (nSPS) is 13.5. The molecule has 0 aromatic heterocycles. The summed E-state index contributed by atoms with van der Waals surface area (Å²) in [6.07, 6.45) is 0.188. The summed E-state index contributed by atoms with van der Waals surface area (Å²) >= 11 is 0. The molecule has 0 amide bonds. The molecule has 0 aliphatic rings. The average Bonchev–Trinajstić information content (AvgIpc) is 2.44. The van der Waals surface area contributed by atoms with Crippen molar-refractivity contribution in [2.75, 3.05) is 14.2 Å². The van der Waals surface area contributed by atoms with E-state index >= 15 is 0 Å². The van der Waals surface area contributed by atoms with Crippen molar-refractivity contribution >= 4 is 11.9 Å². The highest BCUT2D eigenvalue weighted by atomic mass is 16.5. The largest absolute Gasteiger partial charge is 0.469 e. The van der Waals surface area contributed by atoms with Gasteiger partial charge in [-0.2, -0.15) is 0 Å². The topological polar surface area (TPSA) is 78.6 Å². The van der Waals surface area contributed by atoms with Crippen molar-refractivity contribution in [2.24, 2.45) is 5.73 Å². The molecule has 0 aliphatic heterocycles. The van der Waals surface area contributed by atoms with Gasteiger partial charge in [0, 0.05) is 6.42 Å². The highest BCUT2D eigenvalue weighted by Gasteiger charge is 2.37. The minimum absolute atomic E-state index is 0.0526. The van der Waals surface area contributed by atoms with E-state index in [0.29, 0.717) is 5.56 Å². The predicted molar refractivity (Wildman–Crippen MR) is 65.6 cm³/mol. The molecular weight excluding hydrogens is 234 g/mol. The molecule has 0 unspecified atom stereocenters. The molecule has 0 spiro atoms. The van der Waals surface area contributed by atoms with Crippen LogP contribution in [0.4, 0.5) is 0 Å². The number of hydrogen-bond donors (Lipinski definition) is 1. The zero-order valence-electron chi connectivity index (χ0n) is 10.5. The van der Waals surface area contributed by atoms with E-state index in [1.165, 1.54) is 14.2 Å². The van der Waals surface area contributed by atoms with Crippen molar-refractivity contribution in [1.82, 2.24) is 0 Å². The van der Waals surface area contributed by atoms with E-state index in [1.54, 1.807) is 24.3 Å². The third-order valence-electron chi connectivity index (χ3n) is 2.79. The minimum Gasteiger partial charge on any atom is -0.469 e. The highest BCUT2D eigenvalue weighted by Crippen LogP contribution is 2.25. The number of benzene rings is 1. The van der Waals surface area contributed by atoms with Crippen LogP contribution in [0.3, 0.4) is 0 Å². The summed E-state index contributed by atoms with van der Waals surface area (Å²) in [4.78, 5) is 23.0. The molecule has 98 valence electrons. The molecule has 18 heavy (non-hydrogen) atoms. The number of rotatable bonds is 5. The van der Waals surface area contributed by atoms with Crippen LogP contribution in [0.1, 0.15) is 18.4 Å². The van der Waals surface area contributed by atoms with E-state index in [2.05, 4.69) is 4.74 Å². The molecule has 0 bridgehead atoms. The Morgan fingerprint density at radius 1 is 1.17 bits per heavy atom. The first-order valence-corrected chi connectivity index (χ1v) is 5.54. The number of hydrogen-bond acceptors (Lipinski definition) is 5. The van der Waals surface area contributed by atoms with Crippen LogP contribution in [0.25, 0.3) is 0 Å². The number of carbonyl (C=O) groups is 2. The predicted octanol–water partition coefficient (Wildman–Crippen LogP) is 0.967. The Hall–Kier alpha value is -1.88. The van der Waals surface area contributed by atoms with Gasteiger partial charge in [0.25, 0.3) is 0 Å². The van der Waals surface area contributed by atoms with Gasteiger partial charge in [-0.1, -0.05) is 30.3 Å². The van der Waals surface area contributed by atoms with Crippen molar-refractivity contribution in [1.29, 1.82) is 0 Å². The van der Waals surface area contributed by atoms with Crippen LogP contribution >= 0.6 is 0 Å². The molecule has 0 heterocycles. The Kier molecular flexibility index (Phi) is 4.85. The van der Waals surface area contributed by atoms with Crippen LogP contribution in [0, 0.1) is 0 Å². The highest BCUT2D eigenvalue weighted by molar-refractivity contribution is 5.83. The Bertz CT molecular complexity index is 418. The fraction of sp³-hybridized carbons (Fsp3) is 0.385. The van der Waals surface area contributed by atoms with Crippen molar-refractivity contribution in [3.8, 4) is 0 Å². The second-order valence-corrected chi connectivity index (χ2v) is 3.91. The Morgan fingerprint density at radius 2 is 1.78 bits per heavy atom. The van der Waals surface area contributed by atoms with Crippen LogP contribution < -0.4 is 5.73 Å². The minimum atomic E-state index is -1.33. The second-order valence-electron chi connectivity index (χ2n) is 3.91. The molecule has 5 heteroatoms. The quantitative estimate of drug-likeness (QED) is 0.789. The Balaban J connectivity index is 2.96. The lowest BCUT2D eigenvalue weighted by Gasteiger charge is -2.26. The molecule has 1 aromatic rings. The van der Waals surface area contributed by atoms with Crippen LogP contribution in [0.15, 0.2) is 30.3 Å². The monoisotopic (exact) mass is 251 g/mol. The van der Waals surface area contributed by atoms with Crippen molar-refractivity contribution in [3.05, 3.63) is 35.9 Å². The Labute approximate surface area is 106 Å². The second kappa shape index (κ2) is 6.16. The number of methoxy groups -OCH3 is 2. The number of esters is 2. The van der Waals surface area contributed by atoms with Crippen molar-refractivity contribution < 1.29 is 19.1 Å². The summed E-state index contributed by atoms with van der Waals surface area (Å²) in [5, 5.41) is 0. The number of carbonyl (C=O) groups excluding carboxylic acids is 2. The van der Waals surface area contributed by atoms with Gasteiger partial charge in [0.15, 0.2) is 0 Å². The van der Waals surface area contributed by atoms with E-state index in [9.17, 15) is 9.59 Å². The molecule has 0 radical (unpaired) electrons. The van der Waals surface area contributed by atoms with Crippen LogP contribution in [0.5, 0.6) is 0 Å². The summed E-state index contributed by atoms with van der Waals surface area (Å²) in [5.74, 6) is -0.984. The van der Waals surface area contributed by atoms with Gasteiger partial charge in [0.05, 0.1) is 14.2 Å². The van der Waals surface area contributed by atoms with E-state index in [1.807, 2.05) is 6.07 Å². The van der Waals surface area contributed by atoms with Crippen molar-refractivity contribution in [2.45, 2.75) is 18.4 Å².